The predicted octanol–water partition coefficient (Wildman–Crippen LogP) is 4.59. The van der Waals surface area contributed by atoms with Gasteiger partial charge < -0.3 is 9.47 Å². The first kappa shape index (κ1) is 15.4. The van der Waals surface area contributed by atoms with Crippen LogP contribution in [0.2, 0.25) is 0 Å². The Balaban J connectivity index is 1.37. The van der Waals surface area contributed by atoms with E-state index in [4.69, 9.17) is 9.47 Å². The Hall–Kier alpha value is -2.91. The first-order valence-electron chi connectivity index (χ1n) is 8.79. The summed E-state index contributed by atoms with van der Waals surface area (Å²) >= 11 is 0. The fraction of sp³-hybridized carbons (Fsp3) is 0.174. The summed E-state index contributed by atoms with van der Waals surface area (Å²) in [6, 6.07) is 22.1. The standard InChI is InChI=1S/C23H18O3/c1-25-18-9-6-14(7-10-18)22-23(26-22)21(24)16-8-11-20-17(13-16)12-15-4-2-3-5-19(15)20/h2-11,13,22-23H,12H2,1H3/t22-,23+/m1/s1. The lowest BCUT2D eigenvalue weighted by Gasteiger charge is -2.04. The van der Waals surface area contributed by atoms with Crippen LogP contribution in [0.15, 0.2) is 66.7 Å². The molecule has 0 spiro atoms. The summed E-state index contributed by atoms with van der Waals surface area (Å²) in [6.45, 7) is 0. The number of Topliss-reactive ketones (excluding diaryl/α,β-unsaturated/α-hetero) is 1. The van der Waals surface area contributed by atoms with Gasteiger partial charge in [0.05, 0.1) is 7.11 Å². The van der Waals surface area contributed by atoms with Gasteiger partial charge in [-0.15, -0.1) is 0 Å². The third kappa shape index (κ3) is 2.44. The van der Waals surface area contributed by atoms with Gasteiger partial charge in [0, 0.05) is 5.56 Å². The van der Waals surface area contributed by atoms with Crippen LogP contribution in [0, 0.1) is 0 Å². The molecule has 128 valence electrons. The van der Waals surface area contributed by atoms with Crippen molar-refractivity contribution in [2.75, 3.05) is 7.11 Å². The Morgan fingerprint density at radius 1 is 0.962 bits per heavy atom. The average Bonchev–Trinajstić information content (AvgIpc) is 3.41. The number of rotatable bonds is 4. The number of carbonyl (C=O) groups is 1. The maximum absolute atomic E-state index is 12.8. The summed E-state index contributed by atoms with van der Waals surface area (Å²) in [5.41, 5.74) is 6.81. The van der Waals surface area contributed by atoms with Crippen LogP contribution in [0.4, 0.5) is 0 Å². The number of benzene rings is 3. The molecule has 2 atom stereocenters. The van der Waals surface area contributed by atoms with E-state index in [2.05, 4.69) is 30.3 Å². The fourth-order valence-corrected chi connectivity index (χ4v) is 3.82. The number of ketones is 1. The molecule has 1 aliphatic carbocycles. The van der Waals surface area contributed by atoms with Gasteiger partial charge in [0.25, 0.3) is 0 Å². The number of carbonyl (C=O) groups excluding carboxylic acids is 1. The zero-order valence-corrected chi connectivity index (χ0v) is 14.4. The van der Waals surface area contributed by atoms with Crippen molar-refractivity contribution in [1.29, 1.82) is 0 Å². The van der Waals surface area contributed by atoms with Gasteiger partial charge in [0.15, 0.2) is 11.9 Å². The lowest BCUT2D eigenvalue weighted by Crippen LogP contribution is -2.08. The molecule has 3 heteroatoms. The minimum absolute atomic E-state index is 0.0598. The molecule has 0 aromatic heterocycles. The van der Waals surface area contributed by atoms with Crippen LogP contribution >= 0.6 is 0 Å². The molecule has 3 aromatic rings. The molecule has 0 bridgehead atoms. The molecule has 3 aromatic carbocycles. The normalized spacial score (nSPS) is 19.6. The van der Waals surface area contributed by atoms with Crippen LogP contribution in [0.3, 0.4) is 0 Å². The lowest BCUT2D eigenvalue weighted by atomic mass is 9.98. The first-order valence-corrected chi connectivity index (χ1v) is 8.79. The summed E-state index contributed by atoms with van der Waals surface area (Å²) in [5, 5.41) is 0. The number of methoxy groups -OCH3 is 1. The third-order valence-electron chi connectivity index (χ3n) is 5.27. The molecule has 0 amide bonds. The van der Waals surface area contributed by atoms with E-state index in [-0.39, 0.29) is 18.0 Å². The van der Waals surface area contributed by atoms with E-state index in [1.54, 1.807) is 7.11 Å². The van der Waals surface area contributed by atoms with Gasteiger partial charge in [-0.2, -0.15) is 0 Å². The minimum atomic E-state index is -0.384. The largest absolute Gasteiger partial charge is 0.497 e. The van der Waals surface area contributed by atoms with Crippen molar-refractivity contribution in [2.45, 2.75) is 18.6 Å². The van der Waals surface area contributed by atoms with E-state index in [9.17, 15) is 4.79 Å². The molecule has 1 heterocycles. The summed E-state index contributed by atoms with van der Waals surface area (Å²) in [6.07, 6.45) is 0.351. The predicted molar refractivity (Wildman–Crippen MR) is 99.6 cm³/mol. The molecular weight excluding hydrogens is 324 g/mol. The second-order valence-corrected chi connectivity index (χ2v) is 6.82. The van der Waals surface area contributed by atoms with E-state index in [1.165, 1.54) is 22.3 Å². The van der Waals surface area contributed by atoms with Gasteiger partial charge in [-0.05, 0) is 52.4 Å². The van der Waals surface area contributed by atoms with Gasteiger partial charge >= 0.3 is 0 Å². The summed E-state index contributed by atoms with van der Waals surface area (Å²) in [7, 11) is 1.64. The smallest absolute Gasteiger partial charge is 0.194 e. The van der Waals surface area contributed by atoms with Gasteiger partial charge in [-0.1, -0.05) is 48.5 Å². The SMILES string of the molecule is COc1ccc([C@H]2O[C@H]2C(=O)c2ccc3c(c2)Cc2ccccc2-3)cc1. The second kappa shape index (κ2) is 5.82. The van der Waals surface area contributed by atoms with Crippen LogP contribution in [0.5, 0.6) is 5.75 Å². The maximum atomic E-state index is 12.8. The van der Waals surface area contributed by atoms with Crippen molar-refractivity contribution in [3.63, 3.8) is 0 Å². The van der Waals surface area contributed by atoms with E-state index >= 15 is 0 Å². The van der Waals surface area contributed by atoms with Crippen LogP contribution in [0.1, 0.15) is 33.2 Å². The number of epoxide rings is 1. The Kier molecular flexibility index (Phi) is 3.44. The van der Waals surface area contributed by atoms with Crippen molar-refractivity contribution in [1.82, 2.24) is 0 Å². The highest BCUT2D eigenvalue weighted by Crippen LogP contribution is 2.42. The Morgan fingerprint density at radius 3 is 2.54 bits per heavy atom. The van der Waals surface area contributed by atoms with Gasteiger partial charge in [-0.25, -0.2) is 0 Å². The van der Waals surface area contributed by atoms with E-state index in [1.807, 2.05) is 36.4 Å². The first-order chi connectivity index (χ1) is 12.7. The van der Waals surface area contributed by atoms with Crippen molar-refractivity contribution in [2.24, 2.45) is 0 Å². The zero-order chi connectivity index (χ0) is 17.7. The summed E-state index contributed by atoms with van der Waals surface area (Å²) in [5.74, 6) is 0.861. The van der Waals surface area contributed by atoms with Gasteiger partial charge in [-0.3, -0.25) is 4.79 Å². The molecule has 1 saturated heterocycles. The molecule has 1 fully saturated rings. The molecule has 5 rings (SSSR count). The average molecular weight is 342 g/mol. The van der Waals surface area contributed by atoms with Crippen molar-refractivity contribution in [3.8, 4) is 16.9 Å². The Labute approximate surface area is 152 Å². The van der Waals surface area contributed by atoms with Crippen molar-refractivity contribution >= 4 is 5.78 Å². The second-order valence-electron chi connectivity index (χ2n) is 6.82. The molecule has 0 radical (unpaired) electrons. The zero-order valence-electron chi connectivity index (χ0n) is 14.4. The lowest BCUT2D eigenvalue weighted by molar-refractivity contribution is 0.0953. The maximum Gasteiger partial charge on any atom is 0.194 e. The molecule has 0 N–H and O–H groups in total. The highest BCUT2D eigenvalue weighted by atomic mass is 16.6. The van der Waals surface area contributed by atoms with Crippen molar-refractivity contribution < 1.29 is 14.3 Å². The molecule has 1 aliphatic heterocycles. The highest BCUT2D eigenvalue weighted by molar-refractivity contribution is 6.02. The Morgan fingerprint density at radius 2 is 1.73 bits per heavy atom. The molecule has 26 heavy (non-hydrogen) atoms. The third-order valence-corrected chi connectivity index (χ3v) is 5.27. The van der Waals surface area contributed by atoms with Crippen molar-refractivity contribution in [3.05, 3.63) is 89.0 Å². The molecule has 0 saturated carbocycles. The van der Waals surface area contributed by atoms with Gasteiger partial charge in [0.2, 0.25) is 0 Å². The monoisotopic (exact) mass is 342 g/mol. The molecule has 3 nitrogen and oxygen atoms in total. The fourth-order valence-electron chi connectivity index (χ4n) is 3.82. The minimum Gasteiger partial charge on any atom is -0.497 e. The Bertz CT molecular complexity index is 1000. The van der Waals surface area contributed by atoms with Gasteiger partial charge in [0.1, 0.15) is 11.9 Å². The number of hydrogen-bond donors (Lipinski definition) is 0. The highest BCUT2D eigenvalue weighted by Gasteiger charge is 2.46. The van der Waals surface area contributed by atoms with E-state index < -0.39 is 0 Å². The molecule has 0 unspecified atom stereocenters. The van der Waals surface area contributed by atoms with Crippen LogP contribution in [0.25, 0.3) is 11.1 Å². The van der Waals surface area contributed by atoms with Crippen LogP contribution in [-0.4, -0.2) is 19.0 Å². The van der Waals surface area contributed by atoms with Crippen LogP contribution < -0.4 is 4.74 Å². The molecule has 2 aliphatic rings. The number of fused-ring (bicyclic) bond motifs is 3. The number of ether oxygens (including phenoxy) is 2. The quantitative estimate of drug-likeness (QED) is 0.402. The number of hydrogen-bond acceptors (Lipinski definition) is 3. The summed E-state index contributed by atoms with van der Waals surface area (Å²) in [4.78, 5) is 12.8. The van der Waals surface area contributed by atoms with E-state index in [0.29, 0.717) is 0 Å². The topological polar surface area (TPSA) is 38.8 Å². The summed E-state index contributed by atoms with van der Waals surface area (Å²) < 4.78 is 10.9. The molecular formula is C23H18O3. The van der Waals surface area contributed by atoms with Crippen LogP contribution in [-0.2, 0) is 11.2 Å². The van der Waals surface area contributed by atoms with E-state index in [0.717, 1.165) is 23.3 Å².